The molecule has 0 spiro atoms. The second-order valence-electron chi connectivity index (χ2n) is 8.52. The molecule has 0 saturated heterocycles. The van der Waals surface area contributed by atoms with Gasteiger partial charge >= 0.3 is 12.2 Å². The summed E-state index contributed by atoms with van der Waals surface area (Å²) in [7, 11) is 0. The fourth-order valence-electron chi connectivity index (χ4n) is 4.55. The van der Waals surface area contributed by atoms with Gasteiger partial charge in [0.2, 0.25) is 5.60 Å². The zero-order valence-corrected chi connectivity index (χ0v) is 19.0. The van der Waals surface area contributed by atoms with Crippen molar-refractivity contribution in [2.45, 2.75) is 17.8 Å². The van der Waals surface area contributed by atoms with Crippen LogP contribution in [0.5, 0.6) is 0 Å². The smallest absolute Gasteiger partial charge is 0.375 e. The van der Waals surface area contributed by atoms with Crippen molar-refractivity contribution in [2.24, 2.45) is 0 Å². The molecule has 3 aromatic rings. The third-order valence-electron chi connectivity index (χ3n) is 6.26. The molecule has 0 unspecified atom stereocenters. The van der Waals surface area contributed by atoms with Crippen molar-refractivity contribution in [3.8, 4) is 0 Å². The molecule has 192 valence electrons. The molecular weight excluding hydrogens is 528 g/mol. The number of halogens is 7. The number of alkyl halides is 3. The van der Waals surface area contributed by atoms with Gasteiger partial charge in [-0.05, 0) is 48.5 Å². The summed E-state index contributed by atoms with van der Waals surface area (Å²) in [6.45, 7) is -1.31. The third kappa shape index (κ3) is 3.96. The van der Waals surface area contributed by atoms with Gasteiger partial charge < -0.3 is 15.7 Å². The quantitative estimate of drug-likeness (QED) is 0.381. The van der Waals surface area contributed by atoms with Gasteiger partial charge in [-0.2, -0.15) is 13.2 Å². The van der Waals surface area contributed by atoms with E-state index in [9.17, 15) is 41.0 Å². The third-order valence-corrected chi connectivity index (χ3v) is 6.60. The first-order chi connectivity index (χ1) is 17.3. The largest absolute Gasteiger partial charge is 0.423 e. The molecule has 2 aliphatic heterocycles. The number of benzene rings is 3. The Labute approximate surface area is 209 Å². The monoisotopic (exact) mass is 541 g/mol. The van der Waals surface area contributed by atoms with Gasteiger partial charge in [-0.3, -0.25) is 9.69 Å². The van der Waals surface area contributed by atoms with Crippen LogP contribution in [0.25, 0.3) is 0 Å². The lowest BCUT2D eigenvalue weighted by Gasteiger charge is -2.27. The number of urea groups is 1. The molecule has 5 rings (SSSR count). The van der Waals surface area contributed by atoms with Gasteiger partial charge in [0.15, 0.2) is 0 Å². The zero-order chi connectivity index (χ0) is 26.9. The lowest BCUT2D eigenvalue weighted by Crippen LogP contribution is -2.48. The molecule has 0 bridgehead atoms. The number of hydrogen-bond acceptors (Lipinski definition) is 3. The SMILES string of the molecule is O=C1N[C@@H](c2cc(F)ccc2Cl)c2c(NC(=O)N3C[C@@](O)(C(F)(F)F)c4cc(F)ccc43)cc(F)cc21. The maximum atomic E-state index is 14.4. The predicted molar refractivity (Wildman–Crippen MR) is 120 cm³/mol. The van der Waals surface area contributed by atoms with Crippen LogP contribution in [0.4, 0.5) is 42.5 Å². The van der Waals surface area contributed by atoms with Crippen molar-refractivity contribution < 1.29 is 41.0 Å². The highest BCUT2D eigenvalue weighted by molar-refractivity contribution is 6.31. The molecule has 13 heteroatoms. The van der Waals surface area contributed by atoms with Crippen molar-refractivity contribution in [1.29, 1.82) is 0 Å². The normalized spacial score (nSPS) is 20.5. The Bertz CT molecular complexity index is 1480. The molecule has 0 radical (unpaired) electrons. The summed E-state index contributed by atoms with van der Waals surface area (Å²) in [4.78, 5) is 26.2. The molecule has 0 aliphatic carbocycles. The Hall–Kier alpha value is -3.77. The molecule has 2 aliphatic rings. The maximum Gasteiger partial charge on any atom is 0.423 e. The second kappa shape index (κ2) is 8.38. The van der Waals surface area contributed by atoms with E-state index in [1.165, 1.54) is 6.07 Å². The van der Waals surface area contributed by atoms with Crippen LogP contribution in [-0.2, 0) is 5.60 Å². The Morgan fingerprint density at radius 3 is 2.43 bits per heavy atom. The summed E-state index contributed by atoms with van der Waals surface area (Å²) >= 11 is 6.17. The topological polar surface area (TPSA) is 81.7 Å². The van der Waals surface area contributed by atoms with Gasteiger partial charge in [-0.1, -0.05) is 11.6 Å². The number of nitrogens with one attached hydrogen (secondary N) is 2. The minimum atomic E-state index is -5.26. The van der Waals surface area contributed by atoms with Crippen LogP contribution < -0.4 is 15.5 Å². The van der Waals surface area contributed by atoms with E-state index in [1.54, 1.807) is 0 Å². The molecule has 3 aromatic carbocycles. The number of carbonyl (C=O) groups is 2. The average molecular weight is 542 g/mol. The van der Waals surface area contributed by atoms with Crippen molar-refractivity contribution in [3.63, 3.8) is 0 Å². The van der Waals surface area contributed by atoms with E-state index in [-0.39, 0.29) is 27.4 Å². The summed E-state index contributed by atoms with van der Waals surface area (Å²) < 4.78 is 83.3. The van der Waals surface area contributed by atoms with Gasteiger partial charge in [0, 0.05) is 27.3 Å². The number of carbonyl (C=O) groups excluding carboxylic acids is 2. The first-order valence-electron chi connectivity index (χ1n) is 10.6. The highest BCUT2D eigenvalue weighted by Gasteiger charge is 2.61. The summed E-state index contributed by atoms with van der Waals surface area (Å²) in [5.41, 5.74) is -5.31. The van der Waals surface area contributed by atoms with Crippen LogP contribution in [0.2, 0.25) is 5.02 Å². The molecule has 3 N–H and O–H groups in total. The average Bonchev–Trinajstić information content (AvgIpc) is 3.30. The number of fused-ring (bicyclic) bond motifs is 2. The van der Waals surface area contributed by atoms with Gasteiger partial charge in [0.1, 0.15) is 17.5 Å². The molecule has 3 amide bonds. The summed E-state index contributed by atoms with van der Waals surface area (Å²) in [6, 6.07) is 4.86. The van der Waals surface area contributed by atoms with E-state index in [0.717, 1.165) is 36.4 Å². The Balaban J connectivity index is 1.57. The minimum absolute atomic E-state index is 0.00291. The molecule has 2 heterocycles. The van der Waals surface area contributed by atoms with E-state index < -0.39 is 65.0 Å². The number of anilines is 2. The van der Waals surface area contributed by atoms with Crippen LogP contribution in [0.1, 0.15) is 33.1 Å². The predicted octanol–water partition coefficient (Wildman–Crippen LogP) is 5.39. The molecule has 2 atom stereocenters. The van der Waals surface area contributed by atoms with Crippen molar-refractivity contribution in [2.75, 3.05) is 16.8 Å². The summed E-state index contributed by atoms with van der Waals surface area (Å²) in [6.07, 6.45) is -5.26. The summed E-state index contributed by atoms with van der Waals surface area (Å²) in [5.74, 6) is -3.47. The lowest BCUT2D eigenvalue weighted by molar-refractivity contribution is -0.258. The van der Waals surface area contributed by atoms with Gasteiger partial charge in [0.05, 0.1) is 24.0 Å². The first kappa shape index (κ1) is 24.9. The van der Waals surface area contributed by atoms with E-state index in [1.807, 2.05) is 0 Å². The minimum Gasteiger partial charge on any atom is -0.375 e. The number of rotatable bonds is 2. The molecule has 37 heavy (non-hydrogen) atoms. The highest BCUT2D eigenvalue weighted by atomic mass is 35.5. The maximum absolute atomic E-state index is 14.4. The molecule has 0 aromatic heterocycles. The standard InChI is InChI=1S/C24H14ClF6N3O3/c25-16-3-1-10(26)5-13(16)20-19-14(21(35)33-20)6-12(28)8-17(19)32-22(36)34-9-23(37,24(29,30)31)15-7-11(27)2-4-18(15)34/h1-8,20,37H,9H2,(H,32,36)(H,33,35)/t20-,23-/m0/s1. The number of amides is 3. The van der Waals surface area contributed by atoms with E-state index in [0.29, 0.717) is 11.0 Å². The molecule has 6 nitrogen and oxygen atoms in total. The van der Waals surface area contributed by atoms with E-state index >= 15 is 0 Å². The van der Waals surface area contributed by atoms with E-state index in [2.05, 4.69) is 10.6 Å². The van der Waals surface area contributed by atoms with Crippen LogP contribution >= 0.6 is 11.6 Å². The van der Waals surface area contributed by atoms with Crippen LogP contribution in [0.15, 0.2) is 48.5 Å². The van der Waals surface area contributed by atoms with Gasteiger partial charge in [0.25, 0.3) is 5.91 Å². The van der Waals surface area contributed by atoms with Crippen LogP contribution in [0, 0.1) is 17.5 Å². The summed E-state index contributed by atoms with van der Waals surface area (Å²) in [5, 5.41) is 15.2. The van der Waals surface area contributed by atoms with Crippen molar-refractivity contribution in [3.05, 3.63) is 93.3 Å². The van der Waals surface area contributed by atoms with Crippen molar-refractivity contribution >= 4 is 34.9 Å². The number of β-amino-alcohol motifs (C(OH)–C–C–N with tert-alkyl or cyclic N) is 1. The first-order valence-corrected chi connectivity index (χ1v) is 10.9. The Kier molecular flexibility index (Phi) is 5.64. The van der Waals surface area contributed by atoms with Crippen LogP contribution in [0.3, 0.4) is 0 Å². The fraction of sp³-hybridized carbons (Fsp3) is 0.167. The molecular formula is C24H14ClF6N3O3. The fourth-order valence-corrected chi connectivity index (χ4v) is 4.78. The van der Waals surface area contributed by atoms with E-state index in [4.69, 9.17) is 11.6 Å². The second-order valence-corrected chi connectivity index (χ2v) is 8.93. The number of hydrogen-bond donors (Lipinski definition) is 3. The van der Waals surface area contributed by atoms with Gasteiger partial charge in [-0.15, -0.1) is 0 Å². The van der Waals surface area contributed by atoms with Gasteiger partial charge in [-0.25, -0.2) is 18.0 Å². The Morgan fingerprint density at radius 2 is 1.73 bits per heavy atom. The molecule has 0 saturated carbocycles. The van der Waals surface area contributed by atoms with Crippen LogP contribution in [-0.4, -0.2) is 29.8 Å². The van der Waals surface area contributed by atoms with Crippen molar-refractivity contribution in [1.82, 2.24) is 5.32 Å². The number of aliphatic hydroxyl groups is 1. The molecule has 0 fully saturated rings. The zero-order valence-electron chi connectivity index (χ0n) is 18.3. The number of nitrogens with zero attached hydrogens (tertiary/aromatic N) is 1. The highest BCUT2D eigenvalue weighted by Crippen LogP contribution is 2.49. The lowest BCUT2D eigenvalue weighted by atomic mass is 9.95. The Morgan fingerprint density at radius 1 is 1.05 bits per heavy atom.